The number of benzene rings is 3. The van der Waals surface area contributed by atoms with Crippen LogP contribution in [0.1, 0.15) is 101 Å². The molecule has 470 valence electrons. The fourth-order valence-corrected chi connectivity index (χ4v) is 9.93. The summed E-state index contributed by atoms with van der Waals surface area (Å²) in [5.74, 6) is -5.59. The van der Waals surface area contributed by atoms with Gasteiger partial charge in [-0.3, -0.25) is 14.4 Å². The van der Waals surface area contributed by atoms with E-state index in [9.17, 15) is 60.3 Å². The molecule has 9 unspecified atom stereocenters. The van der Waals surface area contributed by atoms with E-state index in [1.807, 2.05) is 0 Å². The summed E-state index contributed by atoms with van der Waals surface area (Å²) in [7, 11) is 1.17. The maximum Gasteiger partial charge on any atom is 0.338 e. The number of rotatable bonds is 30. The van der Waals surface area contributed by atoms with E-state index in [2.05, 4.69) is 0 Å². The van der Waals surface area contributed by atoms with E-state index in [-0.39, 0.29) is 71.4 Å². The fourth-order valence-electron chi connectivity index (χ4n) is 9.93. The maximum absolute atomic E-state index is 15.1. The van der Waals surface area contributed by atoms with Crippen molar-refractivity contribution in [1.29, 1.82) is 0 Å². The fraction of sp³-hybridized carbons (Fsp3) is 0.655. The van der Waals surface area contributed by atoms with E-state index in [0.29, 0.717) is 0 Å². The first-order chi connectivity index (χ1) is 39.6. The Bertz CT molecular complexity index is 2670. The standard InChI is InChI=1S/C58H82O26/c1-26-42(78-24-76-27(2)39(60)22-74-34(9)80-29(4)41(62)21-73-33(8)59)19-37-17-36-18-38(53(72-11)52(68)49(65)31(6)82-56(70)35-15-13-12-14-16-35)54(51(67)46(36)50(66)45(37)47(26)63)84-44-20-43(48(64)30(5)81-44)79-25-77-28(3)40(61)23-75-57-58(10,71)55(69)32(7)83-57/h12-17,19,27-32,34,38-41,43-44,48-49,53-55,57,60-66,69,71H,18,20-25H2,1-11H3/t27?,28?,29?,30?,31-,32?,34?,38+,39+,40-,41+,43?,44+,48-,49+,53+,54+,55-,57?,58?/m1/s1. The van der Waals surface area contributed by atoms with E-state index >= 15 is 4.79 Å². The van der Waals surface area contributed by atoms with Gasteiger partial charge in [-0.1, -0.05) is 18.2 Å². The number of Topliss-reactive ketones (excluding diaryl/α,β-unsaturated/α-hetero) is 2. The lowest BCUT2D eigenvalue weighted by atomic mass is 9.75. The lowest BCUT2D eigenvalue weighted by molar-refractivity contribution is -0.279. The van der Waals surface area contributed by atoms with Crippen LogP contribution in [0.2, 0.25) is 0 Å². The Morgan fingerprint density at radius 1 is 0.798 bits per heavy atom. The van der Waals surface area contributed by atoms with Gasteiger partial charge in [0.2, 0.25) is 0 Å². The molecule has 1 aliphatic carbocycles. The highest BCUT2D eigenvalue weighted by Gasteiger charge is 2.52. The molecule has 26 heteroatoms. The molecule has 0 amide bonds. The van der Waals surface area contributed by atoms with Gasteiger partial charge in [-0.2, -0.15) is 0 Å². The van der Waals surface area contributed by atoms with Crippen molar-refractivity contribution in [1.82, 2.24) is 0 Å². The molecule has 3 aromatic rings. The van der Waals surface area contributed by atoms with E-state index in [1.165, 1.54) is 72.9 Å². The van der Waals surface area contributed by atoms with E-state index in [0.717, 1.165) is 0 Å². The molecule has 26 nitrogen and oxygen atoms in total. The van der Waals surface area contributed by atoms with E-state index in [1.54, 1.807) is 45.9 Å². The molecule has 2 heterocycles. The van der Waals surface area contributed by atoms with Crippen LogP contribution in [0.4, 0.5) is 0 Å². The SMILES string of the molecule is CO[C@H](C(=O)[C@@H](O)[C@@H](C)OC(=O)c1ccccc1)[C@@H]1Cc2cc3cc(OCOC(C)[C@@H](O)COC(C)OC(C)[C@@H](O)COC(C)=O)c(C)c(O)c3c(O)c2C(=O)[C@H]1O[C@H]1CC(OCOC(C)[C@H](O)COC2OC(C)[C@@H](O)C2(C)O)[C@H](O)C(C)O1. The van der Waals surface area contributed by atoms with Crippen molar-refractivity contribution in [2.45, 2.75) is 198 Å². The minimum absolute atomic E-state index is 0.0843. The minimum Gasteiger partial charge on any atom is -0.507 e. The predicted molar refractivity (Wildman–Crippen MR) is 290 cm³/mol. The number of methoxy groups -OCH3 is 1. The number of carbonyl (C=O) groups excluding carboxylic acids is 4. The number of aliphatic hydroxyl groups is 7. The third kappa shape index (κ3) is 16.5. The molecule has 20 atom stereocenters. The second-order valence-electron chi connectivity index (χ2n) is 21.7. The van der Waals surface area contributed by atoms with Crippen LogP contribution in [0.5, 0.6) is 17.2 Å². The Kier molecular flexibility index (Phi) is 24.3. The number of ether oxygens (including phenoxy) is 13. The number of phenolic OH excluding ortho intramolecular Hbond substituents is 2. The Balaban J connectivity index is 1.19. The summed E-state index contributed by atoms with van der Waals surface area (Å²) < 4.78 is 74.1. The first kappa shape index (κ1) is 68.0. The largest absolute Gasteiger partial charge is 0.507 e. The molecule has 0 bridgehead atoms. The quantitative estimate of drug-likeness (QED) is 0.0339. The van der Waals surface area contributed by atoms with Crippen LogP contribution < -0.4 is 4.74 Å². The van der Waals surface area contributed by atoms with Gasteiger partial charge >= 0.3 is 11.9 Å². The highest BCUT2D eigenvalue weighted by Crippen LogP contribution is 2.47. The molecule has 0 saturated carbocycles. The smallest absolute Gasteiger partial charge is 0.338 e. The molecule has 9 N–H and O–H groups in total. The number of hydrogen-bond acceptors (Lipinski definition) is 26. The molecule has 0 radical (unpaired) electrons. The van der Waals surface area contributed by atoms with Crippen molar-refractivity contribution in [3.8, 4) is 17.2 Å². The molecule has 2 saturated heterocycles. The van der Waals surface area contributed by atoms with Crippen LogP contribution in [0.25, 0.3) is 10.8 Å². The zero-order valence-electron chi connectivity index (χ0n) is 48.9. The van der Waals surface area contributed by atoms with Crippen molar-refractivity contribution >= 4 is 34.3 Å². The number of phenols is 2. The normalized spacial score (nSPS) is 28.0. The van der Waals surface area contributed by atoms with Gasteiger partial charge in [0.1, 0.15) is 85.1 Å². The topological polar surface area (TPSA) is 370 Å². The van der Waals surface area contributed by atoms with Crippen LogP contribution in [0.15, 0.2) is 42.5 Å². The summed E-state index contributed by atoms with van der Waals surface area (Å²) in [5, 5.41) is 99.1. The Morgan fingerprint density at radius 2 is 1.44 bits per heavy atom. The molecular formula is C58H82O26. The predicted octanol–water partition coefficient (Wildman–Crippen LogP) is 1.76. The van der Waals surface area contributed by atoms with E-state index < -0.39 is 171 Å². The molecular weight excluding hydrogens is 1110 g/mol. The molecule has 0 aromatic heterocycles. The lowest BCUT2D eigenvalue weighted by Crippen LogP contribution is -2.55. The van der Waals surface area contributed by atoms with Crippen LogP contribution >= 0.6 is 0 Å². The molecule has 6 rings (SSSR count). The summed E-state index contributed by atoms with van der Waals surface area (Å²) in [4.78, 5) is 53.6. The minimum atomic E-state index is -2.00. The molecule has 0 spiro atoms. The van der Waals surface area contributed by atoms with Crippen molar-refractivity contribution < 1.29 is 127 Å². The average Bonchev–Trinajstić information content (AvgIpc) is 3.21. The second kappa shape index (κ2) is 30.0. The number of carbonyl (C=O) groups is 4. The number of esters is 2. The highest BCUT2D eigenvalue weighted by atomic mass is 16.7. The summed E-state index contributed by atoms with van der Waals surface area (Å²) in [6.07, 6.45) is -22.2. The van der Waals surface area contributed by atoms with Crippen LogP contribution in [0.3, 0.4) is 0 Å². The summed E-state index contributed by atoms with van der Waals surface area (Å²) in [5.41, 5.74) is -1.58. The molecule has 3 aromatic carbocycles. The first-order valence-electron chi connectivity index (χ1n) is 27.7. The van der Waals surface area contributed by atoms with Gasteiger partial charge in [0.25, 0.3) is 0 Å². The Morgan fingerprint density at radius 3 is 2.07 bits per heavy atom. The van der Waals surface area contributed by atoms with Gasteiger partial charge in [-0.25, -0.2) is 4.79 Å². The lowest BCUT2D eigenvalue weighted by Gasteiger charge is -2.42. The number of aromatic hydroxyl groups is 2. The molecule has 84 heavy (non-hydrogen) atoms. The first-order valence-corrected chi connectivity index (χ1v) is 27.7. The zero-order valence-corrected chi connectivity index (χ0v) is 48.9. The second-order valence-corrected chi connectivity index (χ2v) is 21.7. The number of hydrogen-bond donors (Lipinski definition) is 9. The van der Waals surface area contributed by atoms with Gasteiger partial charge in [0, 0.05) is 31.9 Å². The van der Waals surface area contributed by atoms with E-state index in [4.69, 9.17) is 61.6 Å². The number of fused-ring (bicyclic) bond motifs is 2. The molecule has 3 aliphatic rings. The third-order valence-electron chi connectivity index (χ3n) is 15.4. The van der Waals surface area contributed by atoms with Crippen molar-refractivity contribution in [3.63, 3.8) is 0 Å². The Labute approximate surface area is 486 Å². The number of ketones is 2. The maximum atomic E-state index is 15.1. The van der Waals surface area contributed by atoms with Crippen molar-refractivity contribution in [2.24, 2.45) is 5.92 Å². The van der Waals surface area contributed by atoms with Gasteiger partial charge in [0.15, 0.2) is 43.3 Å². The van der Waals surface area contributed by atoms with Gasteiger partial charge in [-0.05, 0) is 104 Å². The third-order valence-corrected chi connectivity index (χ3v) is 15.4. The Hall–Kier alpha value is -5.08. The van der Waals surface area contributed by atoms with Crippen LogP contribution in [-0.4, -0.2) is 226 Å². The van der Waals surface area contributed by atoms with Gasteiger partial charge in [0.05, 0.1) is 66.4 Å². The molecule has 2 fully saturated rings. The summed E-state index contributed by atoms with van der Waals surface area (Å²) in [6, 6.07) is 10.9. The van der Waals surface area contributed by atoms with Crippen molar-refractivity contribution in [3.05, 3.63) is 64.7 Å². The number of aliphatic hydroxyl groups excluding tert-OH is 6. The van der Waals surface area contributed by atoms with Crippen molar-refractivity contribution in [2.75, 3.05) is 40.5 Å². The monoisotopic (exact) mass is 1190 g/mol. The highest BCUT2D eigenvalue weighted by molar-refractivity contribution is 6.11. The average molecular weight is 1200 g/mol. The van der Waals surface area contributed by atoms with Gasteiger partial charge < -0.3 is 108 Å². The van der Waals surface area contributed by atoms with Crippen LogP contribution in [-0.2, 0) is 72.9 Å². The van der Waals surface area contributed by atoms with Gasteiger partial charge in [-0.15, -0.1) is 0 Å². The molecule has 2 aliphatic heterocycles. The zero-order chi connectivity index (χ0) is 62.1. The summed E-state index contributed by atoms with van der Waals surface area (Å²) in [6.45, 7) is 12.8. The van der Waals surface area contributed by atoms with Crippen LogP contribution in [0, 0.1) is 12.8 Å². The summed E-state index contributed by atoms with van der Waals surface area (Å²) >= 11 is 0.